The molecule has 3 heterocycles. The van der Waals surface area contributed by atoms with Crippen LogP contribution < -0.4 is 21.3 Å². The molecule has 10 heteroatoms. The molecule has 4 N–H and O–H groups in total. The molecule has 0 aliphatic carbocycles. The summed E-state index contributed by atoms with van der Waals surface area (Å²) < 4.78 is 0. The monoisotopic (exact) mass is 384 g/mol. The molecule has 138 valence electrons. The van der Waals surface area contributed by atoms with Gasteiger partial charge in [0.1, 0.15) is 12.1 Å². The van der Waals surface area contributed by atoms with Crippen LogP contribution in [0.15, 0.2) is 30.6 Å². The van der Waals surface area contributed by atoms with Gasteiger partial charge < -0.3 is 16.4 Å². The maximum Gasteiger partial charge on any atom is 0.323 e. The van der Waals surface area contributed by atoms with Crippen molar-refractivity contribution in [1.82, 2.24) is 25.3 Å². The van der Waals surface area contributed by atoms with Crippen LogP contribution in [0.3, 0.4) is 0 Å². The molecule has 1 aliphatic rings. The molecule has 27 heavy (non-hydrogen) atoms. The minimum absolute atomic E-state index is 0.127. The van der Waals surface area contributed by atoms with E-state index in [4.69, 9.17) is 22.3 Å². The van der Waals surface area contributed by atoms with E-state index in [1.807, 2.05) is 25.1 Å². The number of para-hydroxylation sites is 1. The van der Waals surface area contributed by atoms with Gasteiger partial charge in [0.25, 0.3) is 0 Å². The summed E-state index contributed by atoms with van der Waals surface area (Å²) in [5.74, 6) is 1.02. The molecule has 2 aromatic heterocycles. The first-order valence-electron chi connectivity index (χ1n) is 8.38. The minimum atomic E-state index is -0.244. The Morgan fingerprint density at radius 1 is 1.33 bits per heavy atom. The van der Waals surface area contributed by atoms with Crippen molar-refractivity contribution in [3.63, 3.8) is 0 Å². The summed E-state index contributed by atoms with van der Waals surface area (Å²) in [5, 5.41) is 7.39. The van der Waals surface area contributed by atoms with Crippen LogP contribution in [-0.4, -0.2) is 39.1 Å². The number of urea groups is 1. The Balaban J connectivity index is 1.80. The number of anilines is 3. The highest BCUT2D eigenvalue weighted by Gasteiger charge is 2.27. The van der Waals surface area contributed by atoms with Crippen LogP contribution >= 0.6 is 11.6 Å². The van der Waals surface area contributed by atoms with Crippen molar-refractivity contribution >= 4 is 46.2 Å². The van der Waals surface area contributed by atoms with Gasteiger partial charge in [0.2, 0.25) is 11.9 Å². The standard InChI is InChI=1S/C17H17ClN8O/c1-9(23-16-22-8-21-15(19)25-16)11-7-10-3-2-4-12(18)13(10)24-14(11)26-6-5-20-17(26)27/h2-4,7-9H,5-6H2,1H3,(H,20,27)(H3,19,21,22,23,25)/t9-/m0/s1. The molecular formula is C17H17ClN8O. The maximum atomic E-state index is 12.2. The summed E-state index contributed by atoms with van der Waals surface area (Å²) in [6.07, 6.45) is 1.34. The Bertz CT molecular complexity index is 1030. The number of halogens is 1. The van der Waals surface area contributed by atoms with Crippen molar-refractivity contribution in [2.24, 2.45) is 0 Å². The Morgan fingerprint density at radius 3 is 2.93 bits per heavy atom. The van der Waals surface area contributed by atoms with Crippen molar-refractivity contribution in [2.45, 2.75) is 13.0 Å². The molecule has 1 saturated heterocycles. The van der Waals surface area contributed by atoms with Crippen LogP contribution in [0.25, 0.3) is 10.9 Å². The third-order valence-electron chi connectivity index (χ3n) is 4.32. The third-order valence-corrected chi connectivity index (χ3v) is 4.62. The van der Waals surface area contributed by atoms with Crippen LogP contribution in [0.4, 0.5) is 22.5 Å². The number of aromatic nitrogens is 4. The first-order valence-corrected chi connectivity index (χ1v) is 8.76. The SMILES string of the molecule is C[C@H](Nc1ncnc(N)n1)c1cc2cccc(Cl)c2nc1N1CCNC1=O. The van der Waals surface area contributed by atoms with E-state index < -0.39 is 0 Å². The fraction of sp³-hybridized carbons (Fsp3) is 0.235. The van der Waals surface area contributed by atoms with Crippen LogP contribution in [0.1, 0.15) is 18.5 Å². The molecule has 0 saturated carbocycles. The van der Waals surface area contributed by atoms with E-state index in [1.54, 1.807) is 11.0 Å². The fourth-order valence-electron chi connectivity index (χ4n) is 3.03. The normalized spacial score (nSPS) is 15.0. The number of nitrogens with zero attached hydrogens (tertiary/aromatic N) is 5. The minimum Gasteiger partial charge on any atom is -0.368 e. The smallest absolute Gasteiger partial charge is 0.323 e. The Kier molecular flexibility index (Phi) is 4.36. The van der Waals surface area contributed by atoms with Gasteiger partial charge in [-0.1, -0.05) is 23.7 Å². The van der Waals surface area contributed by atoms with Crippen LogP contribution in [0.2, 0.25) is 5.02 Å². The van der Waals surface area contributed by atoms with E-state index in [9.17, 15) is 4.79 Å². The Morgan fingerprint density at radius 2 is 2.19 bits per heavy atom. The van der Waals surface area contributed by atoms with Crippen molar-refractivity contribution in [2.75, 3.05) is 29.0 Å². The predicted octanol–water partition coefficient (Wildman–Crippen LogP) is 2.36. The predicted molar refractivity (Wildman–Crippen MR) is 104 cm³/mol. The number of benzene rings is 1. The first-order chi connectivity index (χ1) is 13.0. The number of carbonyl (C=O) groups excluding carboxylic acids is 1. The van der Waals surface area contributed by atoms with Gasteiger partial charge in [0.05, 0.1) is 16.6 Å². The van der Waals surface area contributed by atoms with E-state index in [0.717, 1.165) is 10.9 Å². The molecule has 0 bridgehead atoms. The summed E-state index contributed by atoms with van der Waals surface area (Å²) in [5.41, 5.74) is 7.09. The number of hydrogen-bond acceptors (Lipinski definition) is 7. The van der Waals surface area contributed by atoms with Crippen molar-refractivity contribution in [1.29, 1.82) is 0 Å². The molecule has 0 unspecified atom stereocenters. The van der Waals surface area contributed by atoms with E-state index >= 15 is 0 Å². The van der Waals surface area contributed by atoms with E-state index in [0.29, 0.717) is 35.4 Å². The number of hydrogen-bond donors (Lipinski definition) is 3. The number of nitrogens with two attached hydrogens (primary N) is 1. The number of carbonyl (C=O) groups is 1. The third kappa shape index (κ3) is 3.28. The van der Waals surface area contributed by atoms with Crippen LogP contribution in [-0.2, 0) is 0 Å². The molecule has 4 rings (SSSR count). The molecule has 2 amide bonds. The van der Waals surface area contributed by atoms with Crippen LogP contribution in [0.5, 0.6) is 0 Å². The van der Waals surface area contributed by atoms with Gasteiger partial charge in [0, 0.05) is 24.0 Å². The van der Waals surface area contributed by atoms with Gasteiger partial charge in [-0.25, -0.2) is 19.7 Å². The molecule has 3 aromatic rings. The van der Waals surface area contributed by atoms with Gasteiger partial charge in [-0.2, -0.15) is 4.98 Å². The zero-order valence-electron chi connectivity index (χ0n) is 14.5. The van der Waals surface area contributed by atoms with Gasteiger partial charge in [0.15, 0.2) is 0 Å². The van der Waals surface area contributed by atoms with E-state index in [2.05, 4.69) is 25.6 Å². The average molecular weight is 385 g/mol. The van der Waals surface area contributed by atoms with E-state index in [-0.39, 0.29) is 18.0 Å². The van der Waals surface area contributed by atoms with Gasteiger partial charge >= 0.3 is 6.03 Å². The van der Waals surface area contributed by atoms with Gasteiger partial charge in [-0.3, -0.25) is 4.90 Å². The summed E-state index contributed by atoms with van der Waals surface area (Å²) in [7, 11) is 0. The van der Waals surface area contributed by atoms with Crippen molar-refractivity contribution in [3.05, 3.63) is 41.2 Å². The molecule has 0 spiro atoms. The fourth-order valence-corrected chi connectivity index (χ4v) is 3.25. The first kappa shape index (κ1) is 17.2. The number of nitrogen functional groups attached to an aromatic ring is 1. The lowest BCUT2D eigenvalue weighted by atomic mass is 10.1. The number of rotatable bonds is 4. The lowest BCUT2D eigenvalue weighted by molar-refractivity contribution is 0.252. The van der Waals surface area contributed by atoms with Crippen molar-refractivity contribution < 1.29 is 4.79 Å². The molecular weight excluding hydrogens is 368 g/mol. The number of nitrogens with one attached hydrogen (secondary N) is 2. The van der Waals surface area contributed by atoms with Gasteiger partial charge in [-0.15, -0.1) is 0 Å². The zero-order chi connectivity index (χ0) is 19.0. The molecule has 1 atom stereocenters. The summed E-state index contributed by atoms with van der Waals surface area (Å²) >= 11 is 6.31. The number of pyridine rings is 1. The van der Waals surface area contributed by atoms with Gasteiger partial charge in [-0.05, 0) is 19.1 Å². The molecule has 1 fully saturated rings. The zero-order valence-corrected chi connectivity index (χ0v) is 15.2. The second kappa shape index (κ2) is 6.84. The van der Waals surface area contributed by atoms with E-state index in [1.165, 1.54) is 6.33 Å². The summed E-state index contributed by atoms with van der Waals surface area (Å²) in [6.45, 7) is 3.03. The molecule has 1 aliphatic heterocycles. The highest BCUT2D eigenvalue weighted by Crippen LogP contribution is 2.33. The van der Waals surface area contributed by atoms with Crippen molar-refractivity contribution in [3.8, 4) is 0 Å². The highest BCUT2D eigenvalue weighted by molar-refractivity contribution is 6.35. The maximum absolute atomic E-state index is 12.2. The highest BCUT2D eigenvalue weighted by atomic mass is 35.5. The number of fused-ring (bicyclic) bond motifs is 1. The largest absolute Gasteiger partial charge is 0.368 e. The lowest BCUT2D eigenvalue weighted by Gasteiger charge is -2.23. The topological polar surface area (TPSA) is 122 Å². The second-order valence-corrected chi connectivity index (χ2v) is 6.54. The Hall–Kier alpha value is -3.20. The lowest BCUT2D eigenvalue weighted by Crippen LogP contribution is -2.30. The van der Waals surface area contributed by atoms with Crippen LogP contribution in [0, 0.1) is 0 Å². The molecule has 0 radical (unpaired) electrons. The second-order valence-electron chi connectivity index (χ2n) is 6.13. The Labute approximate surface area is 160 Å². The molecule has 9 nitrogen and oxygen atoms in total. The quantitative estimate of drug-likeness (QED) is 0.631. The number of amides is 2. The summed E-state index contributed by atoms with van der Waals surface area (Å²) in [6, 6.07) is 7.11. The average Bonchev–Trinajstić information content (AvgIpc) is 3.07. The summed E-state index contributed by atoms with van der Waals surface area (Å²) in [4.78, 5) is 30.5. The molecule has 1 aromatic carbocycles.